The van der Waals surface area contributed by atoms with Crippen molar-refractivity contribution in [2.75, 3.05) is 11.6 Å². The van der Waals surface area contributed by atoms with Crippen molar-refractivity contribution in [2.45, 2.75) is 27.2 Å². The van der Waals surface area contributed by atoms with Gasteiger partial charge in [0.1, 0.15) is 0 Å². The van der Waals surface area contributed by atoms with Gasteiger partial charge in [-0.15, -0.1) is 0 Å². The van der Waals surface area contributed by atoms with Crippen molar-refractivity contribution in [1.82, 2.24) is 4.98 Å². The number of nitrogens with zero attached hydrogens (tertiary/aromatic N) is 3. The van der Waals surface area contributed by atoms with Crippen molar-refractivity contribution >= 4 is 44.3 Å². The number of para-hydroxylation sites is 1. The Morgan fingerprint density at radius 2 is 1.86 bits per heavy atom. The summed E-state index contributed by atoms with van der Waals surface area (Å²) in [5, 5.41) is 6.26. The molecule has 0 aliphatic rings. The Morgan fingerprint density at radius 3 is 2.54 bits per heavy atom. The highest BCUT2D eigenvalue weighted by atomic mass is 32.1. The number of hydrazone groups is 1. The zero-order valence-electron chi connectivity index (χ0n) is 16.0. The number of carbonyl (C=O) groups is 2. The normalized spacial score (nSPS) is 11.5. The van der Waals surface area contributed by atoms with Crippen LogP contribution in [0, 0.1) is 6.92 Å². The maximum absolute atomic E-state index is 12.4. The van der Waals surface area contributed by atoms with E-state index in [0.717, 1.165) is 21.3 Å². The number of anilines is 1. The zero-order valence-corrected chi connectivity index (χ0v) is 16.8. The van der Waals surface area contributed by atoms with E-state index in [1.54, 1.807) is 6.92 Å². The van der Waals surface area contributed by atoms with E-state index in [1.807, 2.05) is 55.5 Å². The van der Waals surface area contributed by atoms with E-state index in [1.165, 1.54) is 23.3 Å². The van der Waals surface area contributed by atoms with Gasteiger partial charge in [0.15, 0.2) is 0 Å². The lowest BCUT2D eigenvalue weighted by atomic mass is 10.0. The molecule has 1 heterocycles. The standard InChI is InChI=1S/C21H21N3O3S/c1-4-27-20(26)13-18(16-10-6-5-9-14(16)2)23-24(15(3)25)21-22-17-11-7-8-12-19(17)28-21/h5-12H,4,13H2,1-3H3/b23-18-. The summed E-state index contributed by atoms with van der Waals surface area (Å²) in [7, 11) is 0. The molecule has 0 saturated carbocycles. The van der Waals surface area contributed by atoms with E-state index < -0.39 is 5.97 Å². The van der Waals surface area contributed by atoms with Crippen LogP contribution in [-0.4, -0.2) is 29.2 Å². The quantitative estimate of drug-likeness (QED) is 0.354. The third-order valence-corrected chi connectivity index (χ3v) is 5.07. The van der Waals surface area contributed by atoms with Gasteiger partial charge in [0.2, 0.25) is 11.0 Å². The second-order valence-electron chi connectivity index (χ2n) is 6.14. The van der Waals surface area contributed by atoms with Gasteiger partial charge in [-0.05, 0) is 31.5 Å². The summed E-state index contributed by atoms with van der Waals surface area (Å²) >= 11 is 1.37. The molecule has 0 aliphatic heterocycles. The second-order valence-corrected chi connectivity index (χ2v) is 7.15. The highest BCUT2D eigenvalue weighted by Crippen LogP contribution is 2.29. The van der Waals surface area contributed by atoms with Crippen molar-refractivity contribution < 1.29 is 14.3 Å². The number of esters is 1. The molecule has 0 unspecified atom stereocenters. The number of rotatable bonds is 6. The van der Waals surface area contributed by atoms with Crippen LogP contribution in [0.1, 0.15) is 31.4 Å². The summed E-state index contributed by atoms with van der Waals surface area (Å²) in [4.78, 5) is 29.0. The molecule has 3 rings (SSSR count). The molecule has 0 fully saturated rings. The fraction of sp³-hybridized carbons (Fsp3) is 0.238. The molecule has 3 aromatic rings. The largest absolute Gasteiger partial charge is 0.466 e. The summed E-state index contributed by atoms with van der Waals surface area (Å²) in [6.45, 7) is 5.40. The molecule has 7 heteroatoms. The van der Waals surface area contributed by atoms with Crippen LogP contribution in [-0.2, 0) is 14.3 Å². The molecule has 1 aromatic heterocycles. The first kappa shape index (κ1) is 19.7. The van der Waals surface area contributed by atoms with Crippen LogP contribution in [0.3, 0.4) is 0 Å². The average molecular weight is 395 g/mol. The van der Waals surface area contributed by atoms with E-state index in [0.29, 0.717) is 10.8 Å². The maximum Gasteiger partial charge on any atom is 0.311 e. The predicted molar refractivity (Wildman–Crippen MR) is 112 cm³/mol. The lowest BCUT2D eigenvalue weighted by molar-refractivity contribution is -0.141. The molecule has 28 heavy (non-hydrogen) atoms. The van der Waals surface area contributed by atoms with Crippen molar-refractivity contribution in [3.05, 3.63) is 59.7 Å². The summed E-state index contributed by atoms with van der Waals surface area (Å²) in [5.41, 5.74) is 3.01. The molecular weight excluding hydrogens is 374 g/mol. The highest BCUT2D eigenvalue weighted by molar-refractivity contribution is 7.22. The number of thiazole rings is 1. The highest BCUT2D eigenvalue weighted by Gasteiger charge is 2.20. The number of aryl methyl sites for hydroxylation is 1. The minimum atomic E-state index is -0.391. The maximum atomic E-state index is 12.4. The Balaban J connectivity index is 2.07. The Kier molecular flexibility index (Phi) is 6.16. The molecule has 6 nitrogen and oxygen atoms in total. The Morgan fingerprint density at radius 1 is 1.14 bits per heavy atom. The second kappa shape index (κ2) is 8.75. The van der Waals surface area contributed by atoms with Gasteiger partial charge >= 0.3 is 5.97 Å². The Bertz CT molecular complexity index is 1010. The van der Waals surface area contributed by atoms with E-state index >= 15 is 0 Å². The van der Waals surface area contributed by atoms with E-state index in [-0.39, 0.29) is 18.9 Å². The molecule has 2 aromatic carbocycles. The van der Waals surface area contributed by atoms with Crippen molar-refractivity contribution in [3.8, 4) is 0 Å². The average Bonchev–Trinajstić information content (AvgIpc) is 3.09. The summed E-state index contributed by atoms with van der Waals surface area (Å²) in [5.74, 6) is -0.675. The van der Waals surface area contributed by atoms with Gasteiger partial charge in [-0.3, -0.25) is 9.59 Å². The number of amides is 1. The minimum absolute atomic E-state index is 0.0344. The minimum Gasteiger partial charge on any atom is -0.466 e. The number of hydrogen-bond acceptors (Lipinski definition) is 6. The van der Waals surface area contributed by atoms with Crippen LogP contribution in [0.25, 0.3) is 10.2 Å². The van der Waals surface area contributed by atoms with Gasteiger partial charge in [0.05, 0.1) is 29.0 Å². The van der Waals surface area contributed by atoms with Crippen LogP contribution in [0.4, 0.5) is 5.13 Å². The number of benzene rings is 2. The van der Waals surface area contributed by atoms with E-state index in [2.05, 4.69) is 10.1 Å². The molecule has 0 N–H and O–H groups in total. The van der Waals surface area contributed by atoms with Crippen LogP contribution in [0.15, 0.2) is 53.6 Å². The predicted octanol–water partition coefficient (Wildman–Crippen LogP) is 4.32. The Labute approximate surface area is 167 Å². The lowest BCUT2D eigenvalue weighted by Crippen LogP contribution is -2.26. The van der Waals surface area contributed by atoms with Crippen LogP contribution in [0.2, 0.25) is 0 Å². The molecule has 0 atom stereocenters. The number of aromatic nitrogens is 1. The smallest absolute Gasteiger partial charge is 0.311 e. The molecule has 0 bridgehead atoms. The van der Waals surface area contributed by atoms with Crippen molar-refractivity contribution in [1.29, 1.82) is 0 Å². The first-order valence-corrected chi connectivity index (χ1v) is 9.76. The van der Waals surface area contributed by atoms with E-state index in [9.17, 15) is 9.59 Å². The molecule has 0 saturated heterocycles. The van der Waals surface area contributed by atoms with Crippen molar-refractivity contribution in [2.24, 2.45) is 5.10 Å². The first-order chi connectivity index (χ1) is 13.5. The van der Waals surface area contributed by atoms with Gasteiger partial charge in [-0.25, -0.2) is 4.98 Å². The number of ether oxygens (including phenoxy) is 1. The van der Waals surface area contributed by atoms with Crippen molar-refractivity contribution in [3.63, 3.8) is 0 Å². The molecule has 1 amide bonds. The van der Waals surface area contributed by atoms with Gasteiger partial charge in [-0.1, -0.05) is 47.7 Å². The fourth-order valence-electron chi connectivity index (χ4n) is 2.75. The summed E-state index contributed by atoms with van der Waals surface area (Å²) in [6.07, 6.45) is -0.0344. The molecule has 144 valence electrons. The first-order valence-electron chi connectivity index (χ1n) is 8.95. The van der Waals surface area contributed by atoms with Crippen LogP contribution >= 0.6 is 11.3 Å². The molecule has 0 aliphatic carbocycles. The van der Waals surface area contributed by atoms with E-state index in [4.69, 9.17) is 4.74 Å². The van der Waals surface area contributed by atoms with Gasteiger partial charge in [-0.2, -0.15) is 10.1 Å². The van der Waals surface area contributed by atoms with Crippen LogP contribution in [0.5, 0.6) is 0 Å². The summed E-state index contributed by atoms with van der Waals surface area (Å²) in [6, 6.07) is 15.3. The summed E-state index contributed by atoms with van der Waals surface area (Å²) < 4.78 is 6.05. The molecule has 0 radical (unpaired) electrons. The fourth-order valence-corrected chi connectivity index (χ4v) is 3.71. The van der Waals surface area contributed by atoms with Crippen LogP contribution < -0.4 is 5.01 Å². The zero-order chi connectivity index (χ0) is 20.1. The SMILES string of the molecule is CCOC(=O)C/C(=N/N(C(C)=O)c1nc2ccccc2s1)c1ccccc1C. The lowest BCUT2D eigenvalue weighted by Gasteiger charge is -2.16. The van der Waals surface area contributed by atoms with Gasteiger partial charge in [0.25, 0.3) is 0 Å². The number of carbonyl (C=O) groups excluding carboxylic acids is 2. The number of fused-ring (bicyclic) bond motifs is 1. The van der Waals surface area contributed by atoms with Gasteiger partial charge < -0.3 is 4.74 Å². The molecule has 0 spiro atoms. The molecular formula is C21H21N3O3S. The monoisotopic (exact) mass is 395 g/mol. The van der Waals surface area contributed by atoms with Gasteiger partial charge in [0, 0.05) is 12.5 Å². The number of hydrogen-bond donors (Lipinski definition) is 0. The third-order valence-electron chi connectivity index (χ3n) is 4.06. The Hall–Kier alpha value is -3.06. The third kappa shape index (κ3) is 4.43. The topological polar surface area (TPSA) is 71.9 Å².